The number of allylic oxidation sites excluding steroid dienone is 2. The molecule has 6 aromatic carbocycles. The van der Waals surface area contributed by atoms with E-state index >= 15 is 0 Å². The van der Waals surface area contributed by atoms with Crippen molar-refractivity contribution in [3.8, 4) is 33.4 Å². The molecular formula is C48H43N. The Morgan fingerprint density at radius 2 is 1.10 bits per heavy atom. The molecule has 49 heavy (non-hydrogen) atoms. The minimum absolute atomic E-state index is 0.103. The molecule has 0 amide bonds. The zero-order valence-electron chi connectivity index (χ0n) is 29.6. The highest BCUT2D eigenvalue weighted by atomic mass is 15.0. The van der Waals surface area contributed by atoms with Crippen LogP contribution >= 0.6 is 0 Å². The van der Waals surface area contributed by atoms with Crippen molar-refractivity contribution in [3.05, 3.63) is 177 Å². The molecule has 240 valence electrons. The number of benzene rings is 6. The van der Waals surface area contributed by atoms with Crippen molar-refractivity contribution in [2.24, 2.45) is 0 Å². The molecule has 0 heterocycles. The van der Waals surface area contributed by atoms with Crippen LogP contribution in [-0.2, 0) is 16.4 Å². The molecule has 1 N–H and O–H groups in total. The number of hydrogen-bond donors (Lipinski definition) is 1. The summed E-state index contributed by atoms with van der Waals surface area (Å²) in [4.78, 5) is 0. The van der Waals surface area contributed by atoms with Crippen molar-refractivity contribution in [3.63, 3.8) is 0 Å². The molecule has 3 aliphatic carbocycles. The molecule has 1 unspecified atom stereocenters. The summed E-state index contributed by atoms with van der Waals surface area (Å²) in [5.74, 6) is 0. The van der Waals surface area contributed by atoms with E-state index in [0.29, 0.717) is 0 Å². The van der Waals surface area contributed by atoms with Crippen LogP contribution in [-0.4, -0.2) is 0 Å². The Kier molecular flexibility index (Phi) is 6.23. The summed E-state index contributed by atoms with van der Waals surface area (Å²) in [5, 5.41) is 4.09. The SMILES string of the molecule is CC1=C(C)C2(c3ccccc31)c1ccccc1-c1c(NC(C)(C)c3ccc4c(c3)C(C)(C)c3cc(-c5ccc(C)cc5)ccc3-4)cccc12. The van der Waals surface area contributed by atoms with Crippen LogP contribution in [0.15, 0.2) is 133 Å². The number of rotatable bonds is 4. The molecule has 0 saturated heterocycles. The van der Waals surface area contributed by atoms with Crippen LogP contribution in [0.3, 0.4) is 0 Å². The van der Waals surface area contributed by atoms with Crippen LogP contribution in [0.4, 0.5) is 5.69 Å². The minimum atomic E-state index is -0.318. The quantitative estimate of drug-likeness (QED) is 0.204. The topological polar surface area (TPSA) is 12.0 Å². The fourth-order valence-electron chi connectivity index (χ4n) is 9.41. The number of fused-ring (bicyclic) bond motifs is 10. The third kappa shape index (κ3) is 3.99. The van der Waals surface area contributed by atoms with E-state index in [1.54, 1.807) is 0 Å². The molecule has 0 fully saturated rings. The van der Waals surface area contributed by atoms with Gasteiger partial charge in [0.15, 0.2) is 0 Å². The van der Waals surface area contributed by atoms with Gasteiger partial charge >= 0.3 is 0 Å². The maximum atomic E-state index is 4.09. The van der Waals surface area contributed by atoms with Gasteiger partial charge in [-0.25, -0.2) is 0 Å². The van der Waals surface area contributed by atoms with Crippen LogP contribution in [0.1, 0.15) is 86.1 Å². The van der Waals surface area contributed by atoms with Gasteiger partial charge in [-0.1, -0.05) is 140 Å². The lowest BCUT2D eigenvalue weighted by Gasteiger charge is -2.33. The van der Waals surface area contributed by atoms with Gasteiger partial charge in [0, 0.05) is 16.7 Å². The van der Waals surface area contributed by atoms with Gasteiger partial charge in [-0.05, 0) is 119 Å². The summed E-state index contributed by atoms with van der Waals surface area (Å²) in [7, 11) is 0. The van der Waals surface area contributed by atoms with E-state index in [9.17, 15) is 0 Å². The van der Waals surface area contributed by atoms with Gasteiger partial charge in [0.05, 0.1) is 11.0 Å². The van der Waals surface area contributed by atoms with Gasteiger partial charge in [-0.3, -0.25) is 0 Å². The third-order valence-electron chi connectivity index (χ3n) is 12.2. The van der Waals surface area contributed by atoms with Crippen molar-refractivity contribution in [1.29, 1.82) is 0 Å². The largest absolute Gasteiger partial charge is 0.376 e. The zero-order valence-corrected chi connectivity index (χ0v) is 29.6. The Morgan fingerprint density at radius 1 is 0.510 bits per heavy atom. The maximum absolute atomic E-state index is 4.09. The number of nitrogens with one attached hydrogen (secondary N) is 1. The van der Waals surface area contributed by atoms with Crippen LogP contribution in [0, 0.1) is 6.92 Å². The molecule has 6 aromatic rings. The summed E-state index contributed by atoms with van der Waals surface area (Å²) in [6, 6.07) is 48.1. The first-order valence-electron chi connectivity index (χ1n) is 17.7. The van der Waals surface area contributed by atoms with Crippen molar-refractivity contribution in [1.82, 2.24) is 0 Å². The van der Waals surface area contributed by atoms with Crippen molar-refractivity contribution in [2.45, 2.75) is 64.8 Å². The van der Waals surface area contributed by atoms with E-state index in [4.69, 9.17) is 0 Å². The first kappa shape index (κ1) is 30.0. The molecule has 0 aromatic heterocycles. The van der Waals surface area contributed by atoms with Crippen LogP contribution in [0.5, 0.6) is 0 Å². The lowest BCUT2D eigenvalue weighted by Crippen LogP contribution is -2.29. The van der Waals surface area contributed by atoms with E-state index in [1.165, 1.54) is 94.7 Å². The second kappa shape index (κ2) is 10.2. The lowest BCUT2D eigenvalue weighted by atomic mass is 9.70. The molecule has 9 rings (SSSR count). The minimum Gasteiger partial charge on any atom is -0.376 e. The summed E-state index contributed by atoms with van der Waals surface area (Å²) >= 11 is 0. The van der Waals surface area contributed by atoms with Gasteiger partial charge in [0.2, 0.25) is 0 Å². The molecule has 0 radical (unpaired) electrons. The van der Waals surface area contributed by atoms with E-state index < -0.39 is 0 Å². The Hall–Kier alpha value is -5.14. The first-order valence-corrected chi connectivity index (χ1v) is 17.7. The summed E-state index contributed by atoms with van der Waals surface area (Å²) in [6.45, 7) is 16.2. The van der Waals surface area contributed by atoms with Crippen molar-refractivity contribution >= 4 is 11.3 Å². The maximum Gasteiger partial charge on any atom is 0.0683 e. The Labute approximate surface area is 291 Å². The molecule has 0 bridgehead atoms. The Bertz CT molecular complexity index is 2380. The monoisotopic (exact) mass is 633 g/mol. The van der Waals surface area contributed by atoms with Gasteiger partial charge < -0.3 is 5.32 Å². The second-order valence-corrected chi connectivity index (χ2v) is 15.6. The fourth-order valence-corrected chi connectivity index (χ4v) is 9.41. The van der Waals surface area contributed by atoms with Gasteiger partial charge in [-0.2, -0.15) is 0 Å². The predicted octanol–water partition coefficient (Wildman–Crippen LogP) is 12.4. The summed E-state index contributed by atoms with van der Waals surface area (Å²) in [6.07, 6.45) is 0. The van der Waals surface area contributed by atoms with Gasteiger partial charge in [0.1, 0.15) is 0 Å². The van der Waals surface area contributed by atoms with Crippen LogP contribution in [0.2, 0.25) is 0 Å². The lowest BCUT2D eigenvalue weighted by molar-refractivity contribution is 0.602. The molecule has 0 aliphatic heterocycles. The van der Waals surface area contributed by atoms with Crippen molar-refractivity contribution in [2.75, 3.05) is 5.32 Å². The normalized spacial score (nSPS) is 17.9. The summed E-state index contributed by atoms with van der Waals surface area (Å²) < 4.78 is 0. The number of anilines is 1. The van der Waals surface area contributed by atoms with Crippen LogP contribution < -0.4 is 5.32 Å². The van der Waals surface area contributed by atoms with E-state index in [-0.39, 0.29) is 16.4 Å². The van der Waals surface area contributed by atoms with Crippen molar-refractivity contribution < 1.29 is 0 Å². The third-order valence-corrected chi connectivity index (χ3v) is 12.2. The first-order chi connectivity index (χ1) is 23.5. The average molecular weight is 634 g/mol. The van der Waals surface area contributed by atoms with E-state index in [1.807, 2.05) is 0 Å². The number of aryl methyl sites for hydroxylation is 1. The van der Waals surface area contributed by atoms with Crippen LogP contribution in [0.25, 0.3) is 39.0 Å². The highest BCUT2D eigenvalue weighted by Crippen LogP contribution is 2.63. The Morgan fingerprint density at radius 3 is 1.84 bits per heavy atom. The molecule has 1 spiro atoms. The molecule has 1 nitrogen and oxygen atoms in total. The number of hydrogen-bond acceptors (Lipinski definition) is 1. The Balaban J connectivity index is 1.13. The second-order valence-electron chi connectivity index (χ2n) is 15.6. The molecule has 3 aliphatic rings. The average Bonchev–Trinajstić information content (AvgIpc) is 3.63. The molecule has 1 heteroatoms. The predicted molar refractivity (Wildman–Crippen MR) is 207 cm³/mol. The smallest absolute Gasteiger partial charge is 0.0683 e. The van der Waals surface area contributed by atoms with Gasteiger partial charge in [0.25, 0.3) is 0 Å². The highest BCUT2D eigenvalue weighted by Gasteiger charge is 2.51. The van der Waals surface area contributed by atoms with E-state index in [0.717, 1.165) is 0 Å². The van der Waals surface area contributed by atoms with Gasteiger partial charge in [-0.15, -0.1) is 0 Å². The van der Waals surface area contributed by atoms with E-state index in [2.05, 4.69) is 181 Å². The molecular weight excluding hydrogens is 591 g/mol. The molecule has 1 atom stereocenters. The molecule has 0 saturated carbocycles. The zero-order chi connectivity index (χ0) is 33.9. The highest BCUT2D eigenvalue weighted by molar-refractivity contribution is 5.98. The summed E-state index contributed by atoms with van der Waals surface area (Å²) in [5.41, 5.74) is 22.2. The fraction of sp³-hybridized carbons (Fsp3) is 0.208. The standard InChI is InChI=1S/C48H43N/c1-29-19-21-32(22-20-29)33-23-25-36-37-26-24-34(28-43(37)46(4,5)42(36)27-33)47(6,7)49-44-18-12-17-41-45(44)38-14-9-11-16-40(38)48(41)31(3)30(2)35-13-8-10-15-39(35)48/h8-28,49H,1-7H3.